The molecule has 0 radical (unpaired) electrons. The second-order valence-corrected chi connectivity index (χ2v) is 4.33. The summed E-state index contributed by atoms with van der Waals surface area (Å²) in [6.07, 6.45) is 0. The van der Waals surface area contributed by atoms with Gasteiger partial charge < -0.3 is 10.2 Å². The van der Waals surface area contributed by atoms with E-state index in [1.807, 2.05) is 0 Å². The lowest BCUT2D eigenvalue weighted by atomic mass is 10.2. The number of carbonyl (C=O) groups is 1. The van der Waals surface area contributed by atoms with E-state index in [-0.39, 0.29) is 15.6 Å². The van der Waals surface area contributed by atoms with Gasteiger partial charge in [-0.05, 0) is 6.07 Å². The molecule has 3 nitrogen and oxygen atoms in total. The lowest BCUT2D eigenvalue weighted by molar-refractivity contribution is 0.0699. The largest absolute Gasteiger partial charge is 0.506 e. The van der Waals surface area contributed by atoms with Crippen LogP contribution in [0.5, 0.6) is 5.75 Å². The molecule has 0 bridgehead atoms. The van der Waals surface area contributed by atoms with Crippen LogP contribution in [0.25, 0.3) is 10.1 Å². The number of thiophene rings is 1. The van der Waals surface area contributed by atoms with Gasteiger partial charge in [0, 0.05) is 5.39 Å². The Morgan fingerprint density at radius 3 is 2.79 bits per heavy atom. The lowest BCUT2D eigenvalue weighted by Crippen LogP contribution is -1.94. The van der Waals surface area contributed by atoms with Gasteiger partial charge in [0.1, 0.15) is 10.1 Å². The van der Waals surface area contributed by atoms with Crippen LogP contribution in [0.15, 0.2) is 18.2 Å². The van der Waals surface area contributed by atoms with Crippen LogP contribution in [-0.2, 0) is 0 Å². The maximum atomic E-state index is 10.8. The molecule has 14 heavy (non-hydrogen) atoms. The van der Waals surface area contributed by atoms with Gasteiger partial charge in [-0.1, -0.05) is 23.7 Å². The molecule has 1 aromatic heterocycles. The average molecular weight is 229 g/mol. The molecule has 0 aliphatic heterocycles. The highest BCUT2D eigenvalue weighted by molar-refractivity contribution is 7.23. The third-order valence-electron chi connectivity index (χ3n) is 1.87. The van der Waals surface area contributed by atoms with Crippen molar-refractivity contribution in [1.29, 1.82) is 0 Å². The third-order valence-corrected chi connectivity index (χ3v) is 3.30. The Labute approximate surface area is 88.2 Å². The molecule has 5 heteroatoms. The number of carboxylic acid groups (broad SMARTS) is 1. The number of rotatable bonds is 1. The van der Waals surface area contributed by atoms with Crippen LogP contribution in [0.1, 0.15) is 10.4 Å². The molecule has 72 valence electrons. The normalized spacial score (nSPS) is 10.6. The number of halogens is 1. The molecular formula is C9H5ClO3S. The Morgan fingerprint density at radius 2 is 2.14 bits per heavy atom. The predicted octanol–water partition coefficient (Wildman–Crippen LogP) is 2.96. The second kappa shape index (κ2) is 3.15. The summed E-state index contributed by atoms with van der Waals surface area (Å²) >= 11 is 6.83. The maximum Gasteiger partial charge on any atom is 0.338 e. The fourth-order valence-corrected chi connectivity index (χ4v) is 2.62. The van der Waals surface area contributed by atoms with Gasteiger partial charge in [-0.2, -0.15) is 0 Å². The molecule has 0 aliphatic carbocycles. The highest BCUT2D eigenvalue weighted by Crippen LogP contribution is 2.39. The van der Waals surface area contributed by atoms with Crippen LogP contribution in [0.3, 0.4) is 0 Å². The molecule has 0 spiro atoms. The van der Waals surface area contributed by atoms with Gasteiger partial charge in [-0.15, -0.1) is 11.3 Å². The number of carboxylic acids is 1. The van der Waals surface area contributed by atoms with Crippen molar-refractivity contribution in [2.45, 2.75) is 0 Å². The van der Waals surface area contributed by atoms with E-state index in [1.54, 1.807) is 12.1 Å². The summed E-state index contributed by atoms with van der Waals surface area (Å²) in [5.74, 6) is -1.02. The monoisotopic (exact) mass is 228 g/mol. The minimum Gasteiger partial charge on any atom is -0.506 e. The standard InChI is InChI=1S/C9H5ClO3S/c10-8-6(9(12)13)4-2-1-3-5(11)7(4)14-8/h1-3,11H,(H,12,13). The van der Waals surface area contributed by atoms with Crippen LogP contribution < -0.4 is 0 Å². The molecule has 2 N–H and O–H groups in total. The number of hydrogen-bond acceptors (Lipinski definition) is 3. The van der Waals surface area contributed by atoms with Gasteiger partial charge in [0.15, 0.2) is 0 Å². The van der Waals surface area contributed by atoms with Gasteiger partial charge in [-0.3, -0.25) is 0 Å². The number of phenols is 1. The van der Waals surface area contributed by atoms with Gasteiger partial charge in [0.05, 0.1) is 10.3 Å². The van der Waals surface area contributed by atoms with E-state index in [9.17, 15) is 9.90 Å². The highest BCUT2D eigenvalue weighted by atomic mass is 35.5. The molecule has 1 heterocycles. The van der Waals surface area contributed by atoms with E-state index in [2.05, 4.69) is 0 Å². The smallest absolute Gasteiger partial charge is 0.338 e. The highest BCUT2D eigenvalue weighted by Gasteiger charge is 2.18. The number of aromatic hydroxyl groups is 1. The van der Waals surface area contributed by atoms with Gasteiger partial charge in [0.25, 0.3) is 0 Å². The van der Waals surface area contributed by atoms with Gasteiger partial charge >= 0.3 is 5.97 Å². The van der Waals surface area contributed by atoms with Crippen molar-refractivity contribution in [3.63, 3.8) is 0 Å². The van der Waals surface area contributed by atoms with Crippen LogP contribution in [-0.4, -0.2) is 16.2 Å². The third kappa shape index (κ3) is 1.23. The van der Waals surface area contributed by atoms with Gasteiger partial charge in [-0.25, -0.2) is 4.79 Å². The Kier molecular flexibility index (Phi) is 2.09. The summed E-state index contributed by atoms with van der Waals surface area (Å²) in [5, 5.41) is 18.8. The summed E-state index contributed by atoms with van der Waals surface area (Å²) in [5.41, 5.74) is 0.0579. The van der Waals surface area contributed by atoms with Crippen molar-refractivity contribution in [3.8, 4) is 5.75 Å². The maximum absolute atomic E-state index is 10.8. The molecule has 0 aliphatic rings. The summed E-state index contributed by atoms with van der Waals surface area (Å²) in [6, 6.07) is 4.72. The zero-order chi connectivity index (χ0) is 10.3. The van der Waals surface area contributed by atoms with E-state index in [0.29, 0.717) is 10.1 Å². The topological polar surface area (TPSA) is 57.5 Å². The van der Waals surface area contributed by atoms with Gasteiger partial charge in [0.2, 0.25) is 0 Å². The summed E-state index contributed by atoms with van der Waals surface area (Å²) in [7, 11) is 0. The van der Waals surface area contributed by atoms with Crippen molar-refractivity contribution >= 4 is 39.0 Å². The zero-order valence-electron chi connectivity index (χ0n) is 6.82. The fraction of sp³-hybridized carbons (Fsp3) is 0. The van der Waals surface area contributed by atoms with E-state index < -0.39 is 5.97 Å². The van der Waals surface area contributed by atoms with Crippen molar-refractivity contribution in [2.24, 2.45) is 0 Å². The summed E-state index contributed by atoms with van der Waals surface area (Å²) in [4.78, 5) is 10.8. The Hall–Kier alpha value is -1.26. The van der Waals surface area contributed by atoms with Crippen molar-refractivity contribution in [3.05, 3.63) is 28.1 Å². The first-order chi connectivity index (χ1) is 6.61. The molecule has 0 saturated heterocycles. The molecule has 0 saturated carbocycles. The van der Waals surface area contributed by atoms with Crippen molar-refractivity contribution in [1.82, 2.24) is 0 Å². The molecule has 0 amide bonds. The Bertz CT molecular complexity index is 518. The van der Waals surface area contributed by atoms with E-state index in [4.69, 9.17) is 16.7 Å². The molecule has 2 rings (SSSR count). The number of phenolic OH excluding ortho intramolecular Hbond substituents is 1. The molecular weight excluding hydrogens is 224 g/mol. The number of hydrogen-bond donors (Lipinski definition) is 2. The molecule has 1 aromatic carbocycles. The summed E-state index contributed by atoms with van der Waals surface area (Å²) < 4.78 is 0.698. The van der Waals surface area contributed by atoms with E-state index >= 15 is 0 Å². The first-order valence-corrected chi connectivity index (χ1v) is 4.94. The van der Waals surface area contributed by atoms with E-state index in [1.165, 1.54) is 6.07 Å². The summed E-state index contributed by atoms with van der Waals surface area (Å²) in [6.45, 7) is 0. The van der Waals surface area contributed by atoms with E-state index in [0.717, 1.165) is 11.3 Å². The van der Waals surface area contributed by atoms with Crippen LogP contribution in [0.4, 0.5) is 0 Å². The van der Waals surface area contributed by atoms with Crippen LogP contribution in [0.2, 0.25) is 4.34 Å². The second-order valence-electron chi connectivity index (χ2n) is 2.71. The van der Waals surface area contributed by atoms with Crippen LogP contribution in [0, 0.1) is 0 Å². The SMILES string of the molecule is O=C(O)c1c(Cl)sc2c(O)cccc12. The quantitative estimate of drug-likeness (QED) is 0.789. The number of benzene rings is 1. The first kappa shape index (κ1) is 9.30. The molecule has 0 fully saturated rings. The lowest BCUT2D eigenvalue weighted by Gasteiger charge is -1.94. The minimum atomic E-state index is -1.08. The number of fused-ring (bicyclic) bond motifs is 1. The number of aromatic carboxylic acids is 1. The van der Waals surface area contributed by atoms with Crippen molar-refractivity contribution in [2.75, 3.05) is 0 Å². The van der Waals surface area contributed by atoms with Crippen LogP contribution >= 0.6 is 22.9 Å². The molecule has 2 aromatic rings. The minimum absolute atomic E-state index is 0.0573. The fourth-order valence-electron chi connectivity index (χ4n) is 1.27. The Morgan fingerprint density at radius 1 is 1.43 bits per heavy atom. The zero-order valence-corrected chi connectivity index (χ0v) is 8.39. The van der Waals surface area contributed by atoms with Crippen molar-refractivity contribution < 1.29 is 15.0 Å². The first-order valence-electron chi connectivity index (χ1n) is 3.74. The predicted molar refractivity (Wildman–Crippen MR) is 55.5 cm³/mol. The molecule has 0 unspecified atom stereocenters. The molecule has 0 atom stereocenters. The Balaban J connectivity index is 2.90. The average Bonchev–Trinajstić information content (AvgIpc) is 2.42.